The summed E-state index contributed by atoms with van der Waals surface area (Å²) in [7, 11) is 0. The standard InChI is InChI=1S/C15H22N4/c1-15(2,3)17-10-6-7-13-11-18-19(12-13)14-8-4-5-9-16-14/h4-5,8-9,11-12,17H,6-7,10H2,1-3H3. The highest BCUT2D eigenvalue weighted by Gasteiger charge is 2.07. The molecule has 0 fully saturated rings. The highest BCUT2D eigenvalue weighted by Crippen LogP contribution is 2.07. The summed E-state index contributed by atoms with van der Waals surface area (Å²) in [4.78, 5) is 4.28. The molecule has 0 amide bonds. The molecule has 102 valence electrons. The normalized spacial score (nSPS) is 11.7. The molecule has 2 aromatic rings. The van der Waals surface area contributed by atoms with Crippen LogP contribution in [0.25, 0.3) is 5.82 Å². The molecule has 4 nitrogen and oxygen atoms in total. The van der Waals surface area contributed by atoms with E-state index in [4.69, 9.17) is 0 Å². The summed E-state index contributed by atoms with van der Waals surface area (Å²) in [5.41, 5.74) is 1.44. The first-order valence-electron chi connectivity index (χ1n) is 6.74. The first-order valence-corrected chi connectivity index (χ1v) is 6.74. The molecule has 0 saturated carbocycles. The molecule has 0 aromatic carbocycles. The van der Waals surface area contributed by atoms with E-state index < -0.39 is 0 Å². The molecule has 4 heteroatoms. The molecule has 1 N–H and O–H groups in total. The topological polar surface area (TPSA) is 42.7 Å². The zero-order valence-corrected chi connectivity index (χ0v) is 11.9. The molecule has 19 heavy (non-hydrogen) atoms. The van der Waals surface area contributed by atoms with Gasteiger partial charge < -0.3 is 5.32 Å². The molecule has 0 aliphatic heterocycles. The van der Waals surface area contributed by atoms with E-state index in [9.17, 15) is 0 Å². The highest BCUT2D eigenvalue weighted by atomic mass is 15.3. The molecule has 2 aromatic heterocycles. The molecule has 0 aliphatic carbocycles. The third-order valence-electron chi connectivity index (χ3n) is 2.82. The van der Waals surface area contributed by atoms with Gasteiger partial charge in [0.25, 0.3) is 0 Å². The van der Waals surface area contributed by atoms with Crippen molar-refractivity contribution in [3.8, 4) is 5.82 Å². The van der Waals surface area contributed by atoms with Gasteiger partial charge in [-0.15, -0.1) is 0 Å². The Hall–Kier alpha value is -1.68. The lowest BCUT2D eigenvalue weighted by molar-refractivity contribution is 0.422. The Balaban J connectivity index is 1.85. The molecular formula is C15H22N4. The van der Waals surface area contributed by atoms with Crippen molar-refractivity contribution >= 4 is 0 Å². The number of hydrogen-bond acceptors (Lipinski definition) is 3. The number of pyridine rings is 1. The summed E-state index contributed by atoms with van der Waals surface area (Å²) in [6, 6.07) is 5.83. The Morgan fingerprint density at radius 2 is 2.11 bits per heavy atom. The maximum atomic E-state index is 4.35. The van der Waals surface area contributed by atoms with Crippen molar-refractivity contribution in [3.63, 3.8) is 0 Å². The van der Waals surface area contributed by atoms with E-state index in [0.29, 0.717) is 0 Å². The van der Waals surface area contributed by atoms with Crippen molar-refractivity contribution in [2.45, 2.75) is 39.2 Å². The molecule has 0 aliphatic rings. The van der Waals surface area contributed by atoms with Crippen LogP contribution in [0.2, 0.25) is 0 Å². The lowest BCUT2D eigenvalue weighted by Gasteiger charge is -2.20. The van der Waals surface area contributed by atoms with E-state index in [1.165, 1.54) is 5.56 Å². The minimum Gasteiger partial charge on any atom is -0.312 e. The van der Waals surface area contributed by atoms with Crippen LogP contribution in [0.3, 0.4) is 0 Å². The second-order valence-corrected chi connectivity index (χ2v) is 5.76. The van der Waals surface area contributed by atoms with Gasteiger partial charge in [0.05, 0.1) is 6.20 Å². The SMILES string of the molecule is CC(C)(C)NCCCc1cnn(-c2ccccn2)c1. The largest absolute Gasteiger partial charge is 0.312 e. The highest BCUT2D eigenvalue weighted by molar-refractivity contribution is 5.22. The summed E-state index contributed by atoms with van der Waals surface area (Å²) >= 11 is 0. The molecule has 2 rings (SSSR count). The van der Waals surface area contributed by atoms with E-state index in [-0.39, 0.29) is 5.54 Å². The van der Waals surface area contributed by atoms with Crippen LogP contribution in [0, 0.1) is 0 Å². The zero-order chi connectivity index (χ0) is 13.7. The van der Waals surface area contributed by atoms with Crippen LogP contribution >= 0.6 is 0 Å². The second-order valence-electron chi connectivity index (χ2n) is 5.76. The van der Waals surface area contributed by atoms with Gasteiger partial charge in [0.2, 0.25) is 0 Å². The van der Waals surface area contributed by atoms with Crippen molar-refractivity contribution in [2.24, 2.45) is 0 Å². The zero-order valence-electron chi connectivity index (χ0n) is 11.9. The van der Waals surface area contributed by atoms with Crippen molar-refractivity contribution in [1.29, 1.82) is 0 Å². The number of rotatable bonds is 5. The van der Waals surface area contributed by atoms with Crippen LogP contribution in [0.1, 0.15) is 32.8 Å². The maximum Gasteiger partial charge on any atom is 0.153 e. The molecule has 0 radical (unpaired) electrons. The smallest absolute Gasteiger partial charge is 0.153 e. The lowest BCUT2D eigenvalue weighted by Crippen LogP contribution is -2.36. The monoisotopic (exact) mass is 258 g/mol. The average molecular weight is 258 g/mol. The fourth-order valence-electron chi connectivity index (χ4n) is 1.86. The average Bonchev–Trinajstić information content (AvgIpc) is 2.83. The van der Waals surface area contributed by atoms with Crippen molar-refractivity contribution in [1.82, 2.24) is 20.1 Å². The Morgan fingerprint density at radius 1 is 1.26 bits per heavy atom. The minimum atomic E-state index is 0.193. The lowest BCUT2D eigenvalue weighted by atomic mass is 10.1. The molecule has 0 saturated heterocycles. The van der Waals surface area contributed by atoms with Gasteiger partial charge in [-0.25, -0.2) is 9.67 Å². The van der Waals surface area contributed by atoms with Gasteiger partial charge >= 0.3 is 0 Å². The quantitative estimate of drug-likeness (QED) is 0.838. The second kappa shape index (κ2) is 5.97. The van der Waals surface area contributed by atoms with E-state index in [1.807, 2.05) is 29.1 Å². The predicted molar refractivity (Wildman–Crippen MR) is 77.4 cm³/mol. The summed E-state index contributed by atoms with van der Waals surface area (Å²) < 4.78 is 1.83. The summed E-state index contributed by atoms with van der Waals surface area (Å²) in [6.45, 7) is 7.59. The van der Waals surface area contributed by atoms with Crippen LogP contribution in [-0.4, -0.2) is 26.8 Å². The molecular weight excluding hydrogens is 236 g/mol. The van der Waals surface area contributed by atoms with Crippen LogP contribution in [0.5, 0.6) is 0 Å². The van der Waals surface area contributed by atoms with E-state index in [0.717, 1.165) is 25.2 Å². The van der Waals surface area contributed by atoms with Gasteiger partial charge in [-0.3, -0.25) is 0 Å². The number of aromatic nitrogens is 3. The van der Waals surface area contributed by atoms with Crippen LogP contribution < -0.4 is 5.32 Å². The van der Waals surface area contributed by atoms with Crippen molar-refractivity contribution in [3.05, 3.63) is 42.4 Å². The van der Waals surface area contributed by atoms with Gasteiger partial charge in [0.1, 0.15) is 0 Å². The first kappa shape index (κ1) is 13.7. The van der Waals surface area contributed by atoms with Gasteiger partial charge in [-0.1, -0.05) is 6.07 Å². The molecule has 0 unspecified atom stereocenters. The molecule has 2 heterocycles. The van der Waals surface area contributed by atoms with Crippen LogP contribution in [-0.2, 0) is 6.42 Å². The Bertz CT molecular complexity index is 496. The number of nitrogens with one attached hydrogen (secondary N) is 1. The molecule has 0 spiro atoms. The van der Waals surface area contributed by atoms with Crippen LogP contribution in [0.15, 0.2) is 36.8 Å². The summed E-state index contributed by atoms with van der Waals surface area (Å²) in [6.07, 6.45) is 7.91. The maximum absolute atomic E-state index is 4.35. The fourth-order valence-corrected chi connectivity index (χ4v) is 1.86. The number of hydrogen-bond donors (Lipinski definition) is 1. The van der Waals surface area contributed by atoms with Gasteiger partial charge in [0.15, 0.2) is 5.82 Å². The Kier molecular flexibility index (Phi) is 4.32. The van der Waals surface area contributed by atoms with E-state index >= 15 is 0 Å². The third kappa shape index (κ3) is 4.48. The number of nitrogens with zero attached hydrogens (tertiary/aromatic N) is 3. The molecule has 0 bridgehead atoms. The minimum absolute atomic E-state index is 0.193. The first-order chi connectivity index (χ1) is 9.04. The third-order valence-corrected chi connectivity index (χ3v) is 2.82. The molecule has 0 atom stereocenters. The summed E-state index contributed by atoms with van der Waals surface area (Å²) in [5, 5.41) is 7.84. The van der Waals surface area contributed by atoms with Gasteiger partial charge in [0, 0.05) is 17.9 Å². The predicted octanol–water partition coefficient (Wildman–Crippen LogP) is 2.59. The summed E-state index contributed by atoms with van der Waals surface area (Å²) in [5.74, 6) is 0.863. The van der Waals surface area contributed by atoms with E-state index in [2.05, 4.69) is 42.4 Å². The van der Waals surface area contributed by atoms with Gasteiger partial charge in [-0.05, 0) is 57.9 Å². The van der Waals surface area contributed by atoms with E-state index in [1.54, 1.807) is 6.20 Å². The fraction of sp³-hybridized carbons (Fsp3) is 0.467. The number of aryl methyl sites for hydroxylation is 1. The van der Waals surface area contributed by atoms with Crippen molar-refractivity contribution < 1.29 is 0 Å². The Morgan fingerprint density at radius 3 is 2.79 bits per heavy atom. The Labute approximate surface area is 114 Å². The van der Waals surface area contributed by atoms with Crippen LogP contribution in [0.4, 0.5) is 0 Å². The van der Waals surface area contributed by atoms with Crippen molar-refractivity contribution in [2.75, 3.05) is 6.54 Å². The van der Waals surface area contributed by atoms with Gasteiger partial charge in [-0.2, -0.15) is 5.10 Å².